The van der Waals surface area contributed by atoms with Gasteiger partial charge in [0.1, 0.15) is 11.9 Å². The molecule has 0 radical (unpaired) electrons. The topological polar surface area (TPSA) is 94.4 Å². The summed E-state index contributed by atoms with van der Waals surface area (Å²) >= 11 is 5.70. The van der Waals surface area contributed by atoms with Crippen LogP contribution in [-0.4, -0.2) is 53.7 Å². The molecule has 1 atom stereocenters. The van der Waals surface area contributed by atoms with Gasteiger partial charge in [0.15, 0.2) is 9.84 Å². The monoisotopic (exact) mass is 440 g/mol. The van der Waals surface area contributed by atoms with Crippen molar-refractivity contribution in [3.05, 3.63) is 47.5 Å². The van der Waals surface area contributed by atoms with E-state index < -0.39 is 27.9 Å². The van der Waals surface area contributed by atoms with E-state index in [4.69, 9.17) is 16.3 Å². The average Bonchev–Trinajstić information content (AvgIpc) is 3.28. The number of carbonyl (C=O) groups is 1. The fourth-order valence-corrected chi connectivity index (χ4v) is 4.66. The Kier molecular flexibility index (Phi) is 5.30. The van der Waals surface area contributed by atoms with Crippen LogP contribution in [0.3, 0.4) is 0 Å². The quantitative estimate of drug-likeness (QED) is 0.662. The number of rotatable bonds is 5. The zero-order chi connectivity index (χ0) is 20.6. The zero-order valence-electron chi connectivity index (χ0n) is 15.3. The third kappa shape index (κ3) is 4.27. The number of anilines is 1. The Labute approximate surface area is 171 Å². The van der Waals surface area contributed by atoms with E-state index in [0.717, 1.165) is 0 Å². The first-order valence-electron chi connectivity index (χ1n) is 8.97. The summed E-state index contributed by atoms with van der Waals surface area (Å²) in [5.74, 6) is -0.345. The Bertz CT molecular complexity index is 1090. The van der Waals surface area contributed by atoms with Crippen LogP contribution in [0, 0.1) is 5.82 Å². The van der Waals surface area contributed by atoms with Gasteiger partial charge in [0.2, 0.25) is 0 Å². The van der Waals surface area contributed by atoms with Gasteiger partial charge >= 0.3 is 6.09 Å². The SMILES string of the molecule is O=C1O[C@@H](Cn2cc(CCl)nn2)CN1c1ccc(C2=CCS(=O)(=O)CC2)c(F)c1. The van der Waals surface area contributed by atoms with E-state index in [2.05, 4.69) is 10.3 Å². The fraction of sp³-hybridized carbons (Fsp3) is 0.389. The normalized spacial score (nSPS) is 21.2. The summed E-state index contributed by atoms with van der Waals surface area (Å²) in [5.41, 5.74) is 2.01. The fourth-order valence-electron chi connectivity index (χ4n) is 3.38. The molecule has 3 heterocycles. The van der Waals surface area contributed by atoms with E-state index in [1.54, 1.807) is 29.1 Å². The highest BCUT2D eigenvalue weighted by molar-refractivity contribution is 7.91. The number of alkyl halides is 1. The van der Waals surface area contributed by atoms with Gasteiger partial charge in [-0.25, -0.2) is 22.3 Å². The summed E-state index contributed by atoms with van der Waals surface area (Å²) in [7, 11) is -3.08. The first-order valence-corrected chi connectivity index (χ1v) is 11.3. The summed E-state index contributed by atoms with van der Waals surface area (Å²) in [6.45, 7) is 0.558. The van der Waals surface area contributed by atoms with Crippen molar-refractivity contribution in [2.45, 2.75) is 24.9 Å². The maximum atomic E-state index is 14.7. The lowest BCUT2D eigenvalue weighted by Gasteiger charge is -2.17. The lowest BCUT2D eigenvalue weighted by molar-refractivity contribution is 0.129. The highest BCUT2D eigenvalue weighted by atomic mass is 35.5. The van der Waals surface area contributed by atoms with Crippen molar-refractivity contribution < 1.29 is 22.3 Å². The zero-order valence-corrected chi connectivity index (χ0v) is 16.9. The number of ether oxygens (including phenoxy) is 1. The third-order valence-electron chi connectivity index (χ3n) is 4.86. The number of amides is 1. The van der Waals surface area contributed by atoms with Gasteiger partial charge in [0.25, 0.3) is 0 Å². The molecule has 1 aromatic carbocycles. The lowest BCUT2D eigenvalue weighted by Crippen LogP contribution is -2.26. The van der Waals surface area contributed by atoms with Crippen molar-refractivity contribution >= 4 is 38.8 Å². The summed E-state index contributed by atoms with van der Waals surface area (Å²) in [5, 5.41) is 7.81. The number of nitrogens with zero attached hydrogens (tertiary/aromatic N) is 4. The van der Waals surface area contributed by atoms with Crippen LogP contribution in [0.4, 0.5) is 14.9 Å². The van der Waals surface area contributed by atoms with Crippen molar-refractivity contribution in [2.75, 3.05) is 23.0 Å². The number of hydrogen-bond donors (Lipinski definition) is 0. The van der Waals surface area contributed by atoms with Crippen molar-refractivity contribution in [3.63, 3.8) is 0 Å². The largest absolute Gasteiger partial charge is 0.442 e. The molecule has 0 unspecified atom stereocenters. The molecule has 2 aromatic rings. The van der Waals surface area contributed by atoms with Gasteiger partial charge in [-0.3, -0.25) is 4.90 Å². The molecule has 1 fully saturated rings. The van der Waals surface area contributed by atoms with Crippen LogP contribution >= 0.6 is 11.6 Å². The van der Waals surface area contributed by atoms with Crippen LogP contribution in [0.25, 0.3) is 5.57 Å². The van der Waals surface area contributed by atoms with E-state index in [0.29, 0.717) is 29.1 Å². The second-order valence-corrected chi connectivity index (χ2v) is 9.44. The molecule has 0 aliphatic carbocycles. The molecule has 0 N–H and O–H groups in total. The van der Waals surface area contributed by atoms with E-state index in [9.17, 15) is 17.6 Å². The molecule has 154 valence electrons. The van der Waals surface area contributed by atoms with Crippen LogP contribution in [0.1, 0.15) is 17.7 Å². The Hall–Kier alpha value is -2.46. The predicted molar refractivity (Wildman–Crippen MR) is 105 cm³/mol. The molecule has 0 bridgehead atoms. The maximum absolute atomic E-state index is 14.7. The molecule has 1 amide bonds. The smallest absolute Gasteiger partial charge is 0.414 e. The molecule has 4 rings (SSSR count). The number of halogens is 2. The number of benzene rings is 1. The number of carbonyl (C=O) groups excluding carboxylic acids is 1. The molecule has 0 spiro atoms. The minimum Gasteiger partial charge on any atom is -0.442 e. The van der Waals surface area contributed by atoms with E-state index >= 15 is 0 Å². The van der Waals surface area contributed by atoms with Crippen LogP contribution in [0.5, 0.6) is 0 Å². The molecule has 29 heavy (non-hydrogen) atoms. The third-order valence-corrected chi connectivity index (χ3v) is 6.64. The minimum atomic E-state index is -3.08. The number of hydrogen-bond acceptors (Lipinski definition) is 6. The maximum Gasteiger partial charge on any atom is 0.414 e. The van der Waals surface area contributed by atoms with E-state index in [1.807, 2.05) is 0 Å². The first kappa shape index (κ1) is 19.8. The summed E-state index contributed by atoms with van der Waals surface area (Å²) in [6.07, 6.45) is 2.47. The number of sulfone groups is 1. The van der Waals surface area contributed by atoms with Crippen molar-refractivity contribution in [3.8, 4) is 0 Å². The van der Waals surface area contributed by atoms with Crippen LogP contribution in [0.2, 0.25) is 0 Å². The molecule has 1 aromatic heterocycles. The predicted octanol–water partition coefficient (Wildman–Crippen LogP) is 2.38. The van der Waals surface area contributed by atoms with Gasteiger partial charge in [-0.1, -0.05) is 11.3 Å². The van der Waals surface area contributed by atoms with Gasteiger partial charge in [-0.2, -0.15) is 0 Å². The standard InChI is InChI=1S/C18H18ClFN4O4S/c19-8-13-9-23(22-21-13)10-15-11-24(18(25)28-15)14-1-2-16(17(20)7-14)12-3-5-29(26,27)6-4-12/h1-3,7,9,15H,4-6,8,10-11H2/t15-/m0/s1. The van der Waals surface area contributed by atoms with Crippen LogP contribution in [0.15, 0.2) is 30.5 Å². The molecule has 0 saturated carbocycles. The molecule has 1 saturated heterocycles. The highest BCUT2D eigenvalue weighted by Gasteiger charge is 2.33. The highest BCUT2D eigenvalue weighted by Crippen LogP contribution is 2.30. The summed E-state index contributed by atoms with van der Waals surface area (Å²) < 4.78 is 44.7. The second kappa shape index (κ2) is 7.75. The van der Waals surface area contributed by atoms with Crippen molar-refractivity contribution in [2.24, 2.45) is 0 Å². The van der Waals surface area contributed by atoms with Crippen molar-refractivity contribution in [1.29, 1.82) is 0 Å². The molecule has 11 heteroatoms. The van der Waals surface area contributed by atoms with E-state index in [-0.39, 0.29) is 30.4 Å². The molecule has 8 nitrogen and oxygen atoms in total. The number of allylic oxidation sites excluding steroid dienone is 1. The van der Waals surface area contributed by atoms with Crippen LogP contribution < -0.4 is 4.90 Å². The summed E-state index contributed by atoms with van der Waals surface area (Å²) in [4.78, 5) is 13.6. The van der Waals surface area contributed by atoms with Gasteiger partial charge in [-0.15, -0.1) is 16.7 Å². The Morgan fingerprint density at radius 2 is 2.17 bits per heavy atom. The lowest BCUT2D eigenvalue weighted by atomic mass is 10.0. The summed E-state index contributed by atoms with van der Waals surface area (Å²) in [6, 6.07) is 4.47. The van der Waals surface area contributed by atoms with Crippen LogP contribution in [-0.2, 0) is 27.0 Å². The average molecular weight is 441 g/mol. The molecular formula is C18H18ClFN4O4S. The van der Waals surface area contributed by atoms with Gasteiger partial charge in [0.05, 0.1) is 41.9 Å². The molecular weight excluding hydrogens is 423 g/mol. The Morgan fingerprint density at radius 3 is 2.83 bits per heavy atom. The second-order valence-electron chi connectivity index (χ2n) is 6.94. The van der Waals surface area contributed by atoms with Gasteiger partial charge in [-0.05, 0) is 30.2 Å². The molecule has 2 aliphatic heterocycles. The van der Waals surface area contributed by atoms with Gasteiger partial charge < -0.3 is 4.74 Å². The first-order chi connectivity index (χ1) is 13.8. The number of cyclic esters (lactones) is 1. The van der Waals surface area contributed by atoms with Gasteiger partial charge in [0, 0.05) is 11.8 Å². The Balaban J connectivity index is 1.48. The molecule has 2 aliphatic rings. The minimum absolute atomic E-state index is 0.00781. The number of aromatic nitrogens is 3. The Morgan fingerprint density at radius 1 is 1.34 bits per heavy atom. The van der Waals surface area contributed by atoms with Crippen molar-refractivity contribution in [1.82, 2.24) is 15.0 Å². The van der Waals surface area contributed by atoms with E-state index in [1.165, 1.54) is 11.0 Å².